The van der Waals surface area contributed by atoms with Crippen LogP contribution in [0.3, 0.4) is 0 Å². The lowest BCUT2D eigenvalue weighted by atomic mass is 10.1. The third-order valence-corrected chi connectivity index (χ3v) is 1.99. The first-order valence-corrected chi connectivity index (χ1v) is 4.25. The van der Waals surface area contributed by atoms with Crippen LogP contribution >= 0.6 is 0 Å². The van der Waals surface area contributed by atoms with Gasteiger partial charge in [0.05, 0.1) is 29.7 Å². The molecule has 2 N–H and O–H groups in total. The van der Waals surface area contributed by atoms with Crippen LogP contribution in [0.5, 0.6) is 0 Å². The van der Waals surface area contributed by atoms with Crippen LogP contribution in [0.1, 0.15) is 5.56 Å². The number of ether oxygens (including phenoxy) is 1. The molecule has 0 saturated carbocycles. The second kappa shape index (κ2) is 4.56. The Labute approximate surface area is 90.0 Å². The Hall–Kier alpha value is -2.18. The van der Waals surface area contributed by atoms with Gasteiger partial charge in [0.1, 0.15) is 0 Å². The van der Waals surface area contributed by atoms with Crippen LogP contribution in [-0.2, 0) is 16.0 Å². The number of carbonyl (C=O) groups excluding carboxylic acids is 1. The van der Waals surface area contributed by atoms with Crippen molar-refractivity contribution in [2.75, 3.05) is 12.8 Å². The van der Waals surface area contributed by atoms with Crippen LogP contribution in [0, 0.1) is 15.9 Å². The SMILES string of the molecule is COC(=O)Cc1c([N+](=O)[O-])ccc(N)c1F. The molecule has 0 fully saturated rings. The molecular weight excluding hydrogens is 219 g/mol. The summed E-state index contributed by atoms with van der Waals surface area (Å²) >= 11 is 0. The number of nitrogen functional groups attached to an aromatic ring is 1. The van der Waals surface area contributed by atoms with E-state index < -0.39 is 28.8 Å². The maximum atomic E-state index is 13.5. The molecular formula is C9H9FN2O4. The van der Waals surface area contributed by atoms with E-state index in [1.165, 1.54) is 0 Å². The van der Waals surface area contributed by atoms with Crippen molar-refractivity contribution in [1.82, 2.24) is 0 Å². The third-order valence-electron chi connectivity index (χ3n) is 1.99. The number of nitro benzene ring substituents is 1. The standard InChI is InChI=1S/C9H9FN2O4/c1-16-8(13)4-5-7(12(14)15)3-2-6(11)9(5)10/h2-3H,4,11H2,1H3. The smallest absolute Gasteiger partial charge is 0.310 e. The van der Waals surface area contributed by atoms with Crippen molar-refractivity contribution in [2.45, 2.75) is 6.42 Å². The molecule has 0 aliphatic heterocycles. The van der Waals surface area contributed by atoms with E-state index >= 15 is 0 Å². The Balaban J connectivity index is 3.26. The highest BCUT2D eigenvalue weighted by atomic mass is 19.1. The summed E-state index contributed by atoms with van der Waals surface area (Å²) in [6, 6.07) is 2.13. The molecule has 0 aromatic heterocycles. The monoisotopic (exact) mass is 228 g/mol. The van der Waals surface area contributed by atoms with Crippen LogP contribution in [0.25, 0.3) is 0 Å². The summed E-state index contributed by atoms with van der Waals surface area (Å²) in [7, 11) is 1.11. The molecule has 0 unspecified atom stereocenters. The molecule has 86 valence electrons. The van der Waals surface area contributed by atoms with Crippen molar-refractivity contribution in [3.63, 3.8) is 0 Å². The van der Waals surface area contributed by atoms with Crippen LogP contribution in [-0.4, -0.2) is 18.0 Å². The first kappa shape index (κ1) is 11.9. The van der Waals surface area contributed by atoms with Crippen LogP contribution < -0.4 is 5.73 Å². The number of halogens is 1. The molecule has 7 heteroatoms. The van der Waals surface area contributed by atoms with Gasteiger partial charge in [-0.15, -0.1) is 0 Å². The van der Waals surface area contributed by atoms with Gasteiger partial charge in [-0.2, -0.15) is 0 Å². The Morgan fingerprint density at radius 3 is 2.75 bits per heavy atom. The lowest BCUT2D eigenvalue weighted by Gasteiger charge is -2.05. The summed E-state index contributed by atoms with van der Waals surface area (Å²) in [5.74, 6) is -1.73. The van der Waals surface area contributed by atoms with E-state index in [0.29, 0.717) is 0 Å². The number of methoxy groups -OCH3 is 1. The number of carbonyl (C=O) groups is 1. The summed E-state index contributed by atoms with van der Waals surface area (Å²) in [5, 5.41) is 10.6. The lowest BCUT2D eigenvalue weighted by molar-refractivity contribution is -0.385. The second-order valence-corrected chi connectivity index (χ2v) is 2.98. The van der Waals surface area contributed by atoms with Gasteiger partial charge >= 0.3 is 5.97 Å². The summed E-state index contributed by atoms with van der Waals surface area (Å²) in [6.45, 7) is 0. The van der Waals surface area contributed by atoms with Gasteiger partial charge in [-0.1, -0.05) is 0 Å². The van der Waals surface area contributed by atoms with Crippen molar-refractivity contribution in [3.8, 4) is 0 Å². The normalized spacial score (nSPS) is 9.88. The first-order chi connectivity index (χ1) is 7.47. The number of esters is 1. The molecule has 1 rings (SSSR count). The molecule has 0 amide bonds. The lowest BCUT2D eigenvalue weighted by Crippen LogP contribution is -2.10. The number of benzene rings is 1. The van der Waals surface area contributed by atoms with Crippen LogP contribution in [0.4, 0.5) is 15.8 Å². The number of anilines is 1. The van der Waals surface area contributed by atoms with Gasteiger partial charge in [0.15, 0.2) is 5.82 Å². The quantitative estimate of drug-likeness (QED) is 0.361. The highest BCUT2D eigenvalue weighted by Crippen LogP contribution is 2.26. The Kier molecular flexibility index (Phi) is 3.39. The largest absolute Gasteiger partial charge is 0.469 e. The Morgan fingerprint density at radius 2 is 2.25 bits per heavy atom. The van der Waals surface area contributed by atoms with Crippen molar-refractivity contribution >= 4 is 17.3 Å². The molecule has 6 nitrogen and oxygen atoms in total. The van der Waals surface area contributed by atoms with Crippen molar-refractivity contribution in [2.24, 2.45) is 0 Å². The van der Waals surface area contributed by atoms with Crippen molar-refractivity contribution in [1.29, 1.82) is 0 Å². The minimum atomic E-state index is -0.959. The first-order valence-electron chi connectivity index (χ1n) is 4.25. The van der Waals surface area contributed by atoms with Gasteiger partial charge < -0.3 is 10.5 Å². The molecule has 0 aliphatic rings. The van der Waals surface area contributed by atoms with E-state index in [0.717, 1.165) is 19.2 Å². The van der Waals surface area contributed by atoms with Gasteiger partial charge in [0.2, 0.25) is 0 Å². The summed E-state index contributed by atoms with van der Waals surface area (Å²) in [4.78, 5) is 20.8. The average molecular weight is 228 g/mol. The van der Waals surface area contributed by atoms with Crippen molar-refractivity contribution in [3.05, 3.63) is 33.6 Å². The fourth-order valence-electron chi connectivity index (χ4n) is 1.18. The number of nitrogens with zero attached hydrogens (tertiary/aromatic N) is 1. The zero-order valence-corrected chi connectivity index (χ0v) is 8.40. The number of hydrogen-bond acceptors (Lipinski definition) is 5. The zero-order valence-electron chi connectivity index (χ0n) is 8.40. The van der Waals surface area contributed by atoms with Gasteiger partial charge in [-0.05, 0) is 6.07 Å². The van der Waals surface area contributed by atoms with E-state index in [-0.39, 0.29) is 11.3 Å². The predicted octanol–water partition coefficient (Wildman–Crippen LogP) is 1.03. The van der Waals surface area contributed by atoms with E-state index in [9.17, 15) is 19.3 Å². The minimum Gasteiger partial charge on any atom is -0.469 e. The number of hydrogen-bond donors (Lipinski definition) is 1. The van der Waals surface area contributed by atoms with Crippen LogP contribution in [0.15, 0.2) is 12.1 Å². The molecule has 1 aromatic rings. The minimum absolute atomic E-state index is 0.246. The third kappa shape index (κ3) is 2.25. The molecule has 0 saturated heterocycles. The Morgan fingerprint density at radius 1 is 1.62 bits per heavy atom. The van der Waals surface area contributed by atoms with E-state index in [1.807, 2.05) is 0 Å². The van der Waals surface area contributed by atoms with Gasteiger partial charge in [0.25, 0.3) is 5.69 Å². The zero-order chi connectivity index (χ0) is 12.3. The molecule has 0 heterocycles. The maximum Gasteiger partial charge on any atom is 0.310 e. The molecule has 0 bridgehead atoms. The van der Waals surface area contributed by atoms with Gasteiger partial charge in [-0.3, -0.25) is 14.9 Å². The van der Waals surface area contributed by atoms with Crippen molar-refractivity contribution < 1.29 is 18.8 Å². The fraction of sp³-hybridized carbons (Fsp3) is 0.222. The maximum absolute atomic E-state index is 13.5. The van der Waals surface area contributed by atoms with E-state index in [4.69, 9.17) is 5.73 Å². The number of nitrogens with two attached hydrogens (primary N) is 1. The molecule has 0 radical (unpaired) electrons. The highest BCUT2D eigenvalue weighted by molar-refractivity contribution is 5.75. The molecule has 1 aromatic carbocycles. The predicted molar refractivity (Wildman–Crippen MR) is 53.2 cm³/mol. The molecule has 0 spiro atoms. The average Bonchev–Trinajstić information content (AvgIpc) is 2.24. The summed E-state index contributed by atoms with van der Waals surface area (Å²) in [5.41, 5.74) is 4.16. The fourth-order valence-corrected chi connectivity index (χ4v) is 1.18. The second-order valence-electron chi connectivity index (χ2n) is 2.98. The molecule has 16 heavy (non-hydrogen) atoms. The molecule has 0 aliphatic carbocycles. The van der Waals surface area contributed by atoms with Gasteiger partial charge in [0, 0.05) is 6.07 Å². The number of rotatable bonds is 3. The molecule has 0 atom stereocenters. The van der Waals surface area contributed by atoms with E-state index in [2.05, 4.69) is 4.74 Å². The topological polar surface area (TPSA) is 95.5 Å². The Bertz CT molecular complexity index is 447. The van der Waals surface area contributed by atoms with E-state index in [1.54, 1.807) is 0 Å². The summed E-state index contributed by atoms with van der Waals surface area (Å²) in [6.07, 6.45) is -0.524. The summed E-state index contributed by atoms with van der Waals surface area (Å²) < 4.78 is 17.8. The highest BCUT2D eigenvalue weighted by Gasteiger charge is 2.22. The van der Waals surface area contributed by atoms with Crippen LogP contribution in [0.2, 0.25) is 0 Å². The number of nitro groups is 1. The van der Waals surface area contributed by atoms with Gasteiger partial charge in [-0.25, -0.2) is 4.39 Å².